The molecule has 21 atom stereocenters. The number of nitrogens with zero attached hydrogens (tertiary/aromatic N) is 1. The third-order valence-electron chi connectivity index (χ3n) is 16.3. The van der Waals surface area contributed by atoms with Crippen molar-refractivity contribution >= 4 is 76.9 Å². The number of nitrogens with one attached hydrogen (secondary N) is 9. The smallest absolute Gasteiger partial charge is 0.305 e. The van der Waals surface area contributed by atoms with Crippen LogP contribution < -0.4 is 76.5 Å². The van der Waals surface area contributed by atoms with E-state index in [1.54, 1.807) is 13.8 Å². The van der Waals surface area contributed by atoms with Gasteiger partial charge in [-0.3, -0.25) is 62.5 Å². The topological polar surface area (TPSA) is 695 Å². The molecule has 41 heteroatoms. The monoisotopic (exact) mass is 1430 g/mol. The van der Waals surface area contributed by atoms with E-state index >= 15 is 0 Å². The van der Waals surface area contributed by atoms with Crippen LogP contribution in [0.25, 0.3) is 0 Å². The molecule has 0 aliphatic carbocycles. The number of carbonyl (C=O) groups excluding carboxylic acids is 11. The summed E-state index contributed by atoms with van der Waals surface area (Å²) in [6, 6.07) is -9.37. The lowest BCUT2D eigenvalue weighted by atomic mass is 9.97. The number of carbonyl (C=O) groups is 12. The minimum Gasteiger partial charge on any atom is -0.508 e. The average molecular weight is 1430 g/mol. The van der Waals surface area contributed by atoms with Gasteiger partial charge in [-0.25, -0.2) is 0 Å². The van der Waals surface area contributed by atoms with Crippen LogP contribution in [0.15, 0.2) is 29.3 Å². The van der Waals surface area contributed by atoms with Crippen molar-refractivity contribution in [2.45, 2.75) is 202 Å². The standard InChI is InChI=1S/C59H97N15O26/c1-6-24(3)40(73-38(80)19-66-51(91)32(17-27-10-12-28(78)13-11-27)70-50(90)29(60)18-39(81)82)56(96)72-34(23-97-57-46(87)44(85)47(36(22-77)99-57)100-58-45(86)43(84)42(83)35(21-76)98-58)54(94)69-31(14-15-37(61)79)52(92)74-41(25(4)7-2)55(95)67-26(5)49(89)71-33(20-75)53(93)68-30(48(62)88)9-8-16-65-59(63)64/h10-13,24-26,29-36,40-47,57-58,75-78,83-87H,6-9,14-23,60H2,1-5H3,(H2,61,79)(H2,62,88)(H,66,91)(H,67,95)(H,68,93)(H,69,94)(H,70,90)(H,71,89)(H,72,96)(H,73,80)(H,74,92)(H,81,82)(H4,63,64,65)/t24-,25-,26-,29-,30-,31-,32-,33-,34-,35+,36+,40-,41-,42-,43-,44+,45+,46+,47-,57+,58+/m0/s1. The maximum Gasteiger partial charge on any atom is 0.305 e. The summed E-state index contributed by atoms with van der Waals surface area (Å²) >= 11 is 0. The molecular weight excluding hydrogens is 1330 g/mol. The molecule has 0 radical (unpaired) electrons. The molecule has 2 aliphatic heterocycles. The van der Waals surface area contributed by atoms with Crippen LogP contribution in [-0.2, 0) is 82.9 Å². The van der Waals surface area contributed by atoms with Crippen LogP contribution in [-0.4, -0.2) is 283 Å². The highest BCUT2D eigenvalue weighted by Crippen LogP contribution is 2.30. The van der Waals surface area contributed by atoms with Gasteiger partial charge in [0.1, 0.15) is 103 Å². The normalized spacial score (nSPS) is 23.7. The largest absolute Gasteiger partial charge is 0.508 e. The van der Waals surface area contributed by atoms with Crippen molar-refractivity contribution < 1.29 is 128 Å². The lowest BCUT2D eigenvalue weighted by Gasteiger charge is -2.46. The van der Waals surface area contributed by atoms with Crippen molar-refractivity contribution in [2.24, 2.45) is 45.5 Å². The number of amides is 11. The van der Waals surface area contributed by atoms with Gasteiger partial charge in [0.15, 0.2) is 18.5 Å². The number of carboxylic acid groups (broad SMARTS) is 1. The van der Waals surface area contributed by atoms with Gasteiger partial charge in [-0.2, -0.15) is 0 Å². The molecule has 2 heterocycles. The zero-order valence-electron chi connectivity index (χ0n) is 55.7. The first kappa shape index (κ1) is 85.6. The van der Waals surface area contributed by atoms with E-state index in [0.717, 1.165) is 0 Å². The highest BCUT2D eigenvalue weighted by atomic mass is 16.7. The van der Waals surface area contributed by atoms with Crippen molar-refractivity contribution in [1.29, 1.82) is 0 Å². The number of aliphatic hydroxyl groups excluding tert-OH is 8. The lowest BCUT2D eigenvalue weighted by Crippen LogP contribution is -2.65. The third-order valence-corrected chi connectivity index (χ3v) is 16.3. The van der Waals surface area contributed by atoms with E-state index in [9.17, 15) is 109 Å². The molecule has 564 valence electrons. The number of phenolic OH excluding ortho intramolecular Hbond substituents is 1. The Morgan fingerprint density at radius 2 is 1.11 bits per heavy atom. The summed E-state index contributed by atoms with van der Waals surface area (Å²) in [5.74, 6) is -15.3. The lowest BCUT2D eigenvalue weighted by molar-refractivity contribution is -0.359. The number of primary amides is 2. The summed E-state index contributed by atoms with van der Waals surface area (Å²) in [6.45, 7) is 2.51. The molecule has 100 heavy (non-hydrogen) atoms. The zero-order valence-corrected chi connectivity index (χ0v) is 55.7. The Balaban J connectivity index is 1.99. The summed E-state index contributed by atoms with van der Waals surface area (Å²) in [4.78, 5) is 164. The number of aliphatic carboxylic acids is 1. The molecule has 3 rings (SSSR count). The SMILES string of the molecule is CC[C@H](C)[C@H](NC(=O)CNC(=O)[C@H](Cc1ccc(O)cc1)NC(=O)[C@@H](N)CC(=O)O)C(=O)N[C@@H](CO[C@@H]1O[C@H](CO)[C@H](O[C@H]2O[C@H](CO)[C@H](O)[C@H](O)[C@H]2O)[C@H](O)[C@H]1O)C(=O)N[C@@H](CCC(N)=O)C(=O)N[C@H](C(=O)N[C@@H](C)C(=O)N[C@@H](CO)C(=O)N[C@@H](CCCN=C(N)N)C(N)=O)[C@@H](C)CC. The number of benzene rings is 1. The maximum atomic E-state index is 14.8. The molecule has 0 saturated carbocycles. The number of hydrogen-bond acceptors (Lipinski definition) is 27. The third kappa shape index (κ3) is 26.8. The predicted octanol–water partition coefficient (Wildman–Crippen LogP) is -11.7. The molecule has 0 aromatic heterocycles. The molecule has 1 aromatic rings. The van der Waals surface area contributed by atoms with Gasteiger partial charge in [-0.15, -0.1) is 0 Å². The number of carboxylic acids is 1. The van der Waals surface area contributed by atoms with E-state index < -0.39 is 251 Å². The van der Waals surface area contributed by atoms with E-state index in [0.29, 0.717) is 5.56 Å². The van der Waals surface area contributed by atoms with Crippen molar-refractivity contribution in [3.8, 4) is 5.75 Å². The van der Waals surface area contributed by atoms with Crippen molar-refractivity contribution in [1.82, 2.24) is 47.9 Å². The quantitative estimate of drug-likeness (QED) is 0.0164. The Morgan fingerprint density at radius 1 is 0.580 bits per heavy atom. The molecule has 11 amide bonds. The Hall–Kier alpha value is -8.59. The Labute approximate surface area is 573 Å². The number of hydrogen-bond donors (Lipinski definition) is 24. The summed E-state index contributed by atoms with van der Waals surface area (Å²) in [7, 11) is 0. The van der Waals surface area contributed by atoms with Crippen LogP contribution >= 0.6 is 0 Å². The number of phenols is 1. The van der Waals surface area contributed by atoms with Crippen LogP contribution in [0.2, 0.25) is 0 Å². The van der Waals surface area contributed by atoms with Crippen LogP contribution in [0.4, 0.5) is 0 Å². The first-order chi connectivity index (χ1) is 47.0. The second-order valence-corrected chi connectivity index (χ2v) is 24.0. The fourth-order valence-corrected chi connectivity index (χ4v) is 9.89. The fraction of sp³-hybridized carbons (Fsp3) is 0.678. The first-order valence-electron chi connectivity index (χ1n) is 31.9. The molecule has 29 N–H and O–H groups in total. The van der Waals surface area contributed by atoms with Crippen LogP contribution in [0, 0.1) is 11.8 Å². The summed E-state index contributed by atoms with van der Waals surface area (Å²) in [6.07, 6.45) is -21.2. The van der Waals surface area contributed by atoms with E-state index in [2.05, 4.69) is 52.8 Å². The molecule has 41 nitrogen and oxygen atoms in total. The second-order valence-electron chi connectivity index (χ2n) is 24.0. The minimum atomic E-state index is -2.22. The summed E-state index contributed by atoms with van der Waals surface area (Å²) in [5, 5.41) is 124. The predicted molar refractivity (Wildman–Crippen MR) is 342 cm³/mol. The highest BCUT2D eigenvalue weighted by molar-refractivity contribution is 5.98. The molecule has 2 fully saturated rings. The Morgan fingerprint density at radius 3 is 1.67 bits per heavy atom. The summed E-state index contributed by atoms with van der Waals surface area (Å²) in [5.41, 5.74) is 27.7. The van der Waals surface area contributed by atoms with Gasteiger partial charge in [0, 0.05) is 19.4 Å². The van der Waals surface area contributed by atoms with Crippen LogP contribution in [0.3, 0.4) is 0 Å². The van der Waals surface area contributed by atoms with Crippen molar-refractivity contribution in [3.05, 3.63) is 29.8 Å². The van der Waals surface area contributed by atoms with E-state index in [4.69, 9.17) is 47.6 Å². The van der Waals surface area contributed by atoms with E-state index in [-0.39, 0.29) is 50.4 Å². The summed E-state index contributed by atoms with van der Waals surface area (Å²) < 4.78 is 22.5. The van der Waals surface area contributed by atoms with E-state index in [1.807, 2.05) is 0 Å². The molecule has 0 spiro atoms. The molecule has 0 bridgehead atoms. The first-order valence-corrected chi connectivity index (χ1v) is 31.9. The number of nitrogens with two attached hydrogens (primary N) is 5. The van der Waals surface area contributed by atoms with Crippen LogP contribution in [0.5, 0.6) is 5.75 Å². The average Bonchev–Trinajstić information content (AvgIpc) is 0.788. The Kier molecular flexibility index (Phi) is 35.8. The maximum absolute atomic E-state index is 14.8. The Bertz CT molecular complexity index is 2950. The van der Waals surface area contributed by atoms with Gasteiger partial charge in [0.05, 0.1) is 45.4 Å². The molecule has 0 unspecified atom stereocenters. The van der Waals surface area contributed by atoms with Gasteiger partial charge in [-0.1, -0.05) is 52.7 Å². The van der Waals surface area contributed by atoms with Crippen molar-refractivity contribution in [3.63, 3.8) is 0 Å². The highest BCUT2D eigenvalue weighted by Gasteiger charge is 2.51. The molecular formula is C59H97N15O26. The number of rotatable bonds is 42. The number of guanidine groups is 1. The zero-order chi connectivity index (χ0) is 75.4. The molecule has 2 aliphatic rings. The molecule has 1 aromatic carbocycles. The number of aliphatic hydroxyl groups is 8. The minimum absolute atomic E-state index is 0.0408. The van der Waals surface area contributed by atoms with Crippen LogP contribution in [0.1, 0.15) is 85.1 Å². The second kappa shape index (κ2) is 41.9. The molecule has 2 saturated heterocycles. The van der Waals surface area contributed by atoms with Gasteiger partial charge in [0.25, 0.3) is 0 Å². The number of aliphatic imine (C=N–C) groups is 1. The van der Waals surface area contributed by atoms with Gasteiger partial charge >= 0.3 is 5.97 Å². The van der Waals surface area contributed by atoms with Gasteiger partial charge in [-0.05, 0) is 55.7 Å². The number of ether oxygens (including phenoxy) is 4. The number of aromatic hydroxyl groups is 1. The van der Waals surface area contributed by atoms with Crippen molar-refractivity contribution in [2.75, 3.05) is 39.5 Å². The van der Waals surface area contributed by atoms with E-state index in [1.165, 1.54) is 45.0 Å². The van der Waals surface area contributed by atoms with Gasteiger partial charge < -0.3 is 147 Å². The fourth-order valence-electron chi connectivity index (χ4n) is 9.89. The van der Waals surface area contributed by atoms with Gasteiger partial charge in [0.2, 0.25) is 65.0 Å².